The van der Waals surface area contributed by atoms with Crippen molar-refractivity contribution in [3.63, 3.8) is 0 Å². The summed E-state index contributed by atoms with van der Waals surface area (Å²) < 4.78 is 69.7. The highest BCUT2D eigenvalue weighted by Crippen LogP contribution is 2.37. The molecule has 6 aliphatic rings. The summed E-state index contributed by atoms with van der Waals surface area (Å²) in [6.07, 6.45) is -51.3. The number of hydrogen-bond acceptors (Lipinski definition) is 33. The summed E-state index contributed by atoms with van der Waals surface area (Å²) in [5, 5.41) is 194. The Hall–Kier alpha value is -3.28. The van der Waals surface area contributed by atoms with Gasteiger partial charge in [0.2, 0.25) is 24.1 Å². The monoisotopic (exact) mass is 1210 g/mol. The fraction of sp³-hybridized carbons (Fsp3) is 0.913. The van der Waals surface area contributed by atoms with E-state index >= 15 is 0 Å². The lowest BCUT2D eigenvalue weighted by Crippen LogP contribution is -2.71. The van der Waals surface area contributed by atoms with Crippen LogP contribution in [0.15, 0.2) is 0 Å². The van der Waals surface area contributed by atoms with E-state index in [1.807, 2.05) is 0 Å². The van der Waals surface area contributed by atoms with Crippen LogP contribution in [0.4, 0.5) is 0 Å². The Kier molecular flexibility index (Phi) is 25.8. The largest absolute Gasteiger partial charge is 0.394 e. The molecular weight excluding hydrogens is 1140 g/mol. The van der Waals surface area contributed by atoms with Gasteiger partial charge in [-0.25, -0.2) is 0 Å². The molecule has 0 radical (unpaired) electrons. The third-order valence-corrected chi connectivity index (χ3v) is 14.6. The van der Waals surface area contributed by atoms with Crippen LogP contribution < -0.4 is 21.3 Å². The van der Waals surface area contributed by atoms with Gasteiger partial charge >= 0.3 is 0 Å². The molecule has 0 unspecified atom stereocenters. The van der Waals surface area contributed by atoms with Crippen LogP contribution in [0, 0.1) is 0 Å². The number of ether oxygens (including phenoxy) is 12. The summed E-state index contributed by atoms with van der Waals surface area (Å²) in [6.45, 7) is -3.98. The standard InChI is InChI=1S/C46H78N4O33/c1-13(59)48-23-30(66)26(62)17(5-52)73-41(23)81-38-24(49-14(2)60)43(75-18(6-53)27(38)63)83-40-29(65)20(8-55)76-46(35(40)71)82-39-25(50-15(3)61)42(74-19(7-54)28(39)64)79-36-22(10-57)78-45(34(70)32(36)68)80-37-21(9-56)77-44(33(69)31(37)67)72-11-16(4-51)47-12-58/h12,16-46,51-57,62-71H,4-11H2,1-3H3,(H,47,58)(H,48,59)(H,49,60)(H,50,61)/t16-,17-,18-,19-,20-,21-,22-,23-,24-,25-,26+,27+,28+,29+,30-,31-,32-,33-,34-,35-,36+,37-,38-,39-,40+,41-,42+,43+,44-,45+,46+/m1/s1. The summed E-state index contributed by atoms with van der Waals surface area (Å²) in [6, 6.07) is -6.15. The Labute approximate surface area is 471 Å². The van der Waals surface area contributed by atoms with Crippen LogP contribution in [0.1, 0.15) is 20.8 Å². The Bertz CT molecular complexity index is 2040. The van der Waals surface area contributed by atoms with Gasteiger partial charge in [0.25, 0.3) is 0 Å². The van der Waals surface area contributed by atoms with E-state index in [4.69, 9.17) is 56.8 Å². The van der Waals surface area contributed by atoms with Gasteiger partial charge in [-0.1, -0.05) is 0 Å². The smallest absolute Gasteiger partial charge is 0.217 e. The summed E-state index contributed by atoms with van der Waals surface area (Å²) in [4.78, 5) is 48.7. The number of nitrogens with one attached hydrogen (secondary N) is 4. The second-order valence-electron chi connectivity index (χ2n) is 20.4. The Morgan fingerprint density at radius 3 is 1.14 bits per heavy atom. The zero-order chi connectivity index (χ0) is 61.3. The highest BCUT2D eigenvalue weighted by atomic mass is 16.8. The molecule has 0 aliphatic carbocycles. The fourth-order valence-electron chi connectivity index (χ4n) is 10.3. The zero-order valence-electron chi connectivity index (χ0n) is 44.8. The van der Waals surface area contributed by atoms with E-state index in [1.165, 1.54) is 0 Å². The van der Waals surface area contributed by atoms with E-state index < -0.39 is 261 Å². The summed E-state index contributed by atoms with van der Waals surface area (Å²) in [5.41, 5.74) is 0. The van der Waals surface area contributed by atoms with Gasteiger partial charge in [-0.3, -0.25) is 19.2 Å². The number of carbonyl (C=O) groups excluding carboxylic acids is 4. The normalized spacial score (nSPS) is 45.4. The second kappa shape index (κ2) is 31.1. The summed E-state index contributed by atoms with van der Waals surface area (Å²) in [5.74, 6) is -2.51. The zero-order valence-corrected chi connectivity index (χ0v) is 44.8. The average molecular weight is 1220 g/mol. The fourth-order valence-corrected chi connectivity index (χ4v) is 10.3. The topological polar surface area (TPSA) is 571 Å². The molecular formula is C46H78N4O33. The van der Waals surface area contributed by atoms with Gasteiger partial charge in [0.15, 0.2) is 37.7 Å². The van der Waals surface area contributed by atoms with E-state index in [1.54, 1.807) is 0 Å². The molecule has 21 N–H and O–H groups in total. The molecule has 0 aromatic heterocycles. The maximum absolute atomic E-state index is 12.9. The van der Waals surface area contributed by atoms with E-state index in [-0.39, 0.29) is 6.41 Å². The van der Waals surface area contributed by atoms with Crippen LogP contribution in [-0.2, 0) is 76.0 Å². The van der Waals surface area contributed by atoms with E-state index in [2.05, 4.69) is 21.3 Å². The molecule has 0 saturated carbocycles. The quantitative estimate of drug-likeness (QED) is 0.0377. The van der Waals surface area contributed by atoms with Crippen molar-refractivity contribution in [2.45, 2.75) is 211 Å². The number of aliphatic hydroxyl groups excluding tert-OH is 17. The van der Waals surface area contributed by atoms with Crippen molar-refractivity contribution < 1.29 is 163 Å². The molecule has 4 amide bonds. The molecule has 0 spiro atoms. The van der Waals surface area contributed by atoms with Crippen molar-refractivity contribution in [1.82, 2.24) is 21.3 Å². The molecule has 6 saturated heterocycles. The molecule has 0 aromatic carbocycles. The van der Waals surface area contributed by atoms with Crippen LogP contribution in [0.25, 0.3) is 0 Å². The molecule has 480 valence electrons. The number of amides is 4. The average Bonchev–Trinajstić information content (AvgIpc) is 3.20. The molecule has 6 aliphatic heterocycles. The lowest BCUT2D eigenvalue weighted by molar-refractivity contribution is -0.385. The van der Waals surface area contributed by atoms with E-state index in [9.17, 15) is 106 Å². The van der Waals surface area contributed by atoms with Gasteiger partial charge in [-0.15, -0.1) is 0 Å². The van der Waals surface area contributed by atoms with Crippen molar-refractivity contribution in [1.29, 1.82) is 0 Å². The Morgan fingerprint density at radius 1 is 0.386 bits per heavy atom. The first-order valence-corrected chi connectivity index (χ1v) is 26.3. The predicted molar refractivity (Wildman–Crippen MR) is 258 cm³/mol. The van der Waals surface area contributed by atoms with Crippen LogP contribution in [0.5, 0.6) is 0 Å². The lowest BCUT2D eigenvalue weighted by atomic mass is 9.93. The lowest BCUT2D eigenvalue weighted by Gasteiger charge is -2.51. The van der Waals surface area contributed by atoms with Crippen LogP contribution in [0.3, 0.4) is 0 Å². The first-order chi connectivity index (χ1) is 39.4. The first-order valence-electron chi connectivity index (χ1n) is 26.3. The minimum Gasteiger partial charge on any atom is -0.394 e. The van der Waals surface area contributed by atoms with E-state index in [0.717, 1.165) is 20.8 Å². The first kappa shape index (κ1) is 68.8. The second-order valence-corrected chi connectivity index (χ2v) is 20.4. The maximum Gasteiger partial charge on any atom is 0.217 e. The number of carbonyl (C=O) groups is 4. The molecule has 37 nitrogen and oxygen atoms in total. The molecule has 6 fully saturated rings. The Balaban J connectivity index is 1.23. The van der Waals surface area contributed by atoms with Crippen molar-refractivity contribution in [2.75, 3.05) is 52.9 Å². The van der Waals surface area contributed by atoms with Crippen LogP contribution in [-0.4, -0.2) is 354 Å². The van der Waals surface area contributed by atoms with Crippen molar-refractivity contribution in [2.24, 2.45) is 0 Å². The van der Waals surface area contributed by atoms with Crippen molar-refractivity contribution >= 4 is 24.1 Å². The van der Waals surface area contributed by atoms with Crippen LogP contribution in [0.2, 0.25) is 0 Å². The van der Waals surface area contributed by atoms with Gasteiger partial charge in [-0.05, 0) is 0 Å². The van der Waals surface area contributed by atoms with Gasteiger partial charge in [0.1, 0.15) is 146 Å². The molecule has 0 bridgehead atoms. The molecule has 0 aromatic rings. The summed E-state index contributed by atoms with van der Waals surface area (Å²) >= 11 is 0. The molecule has 31 atom stereocenters. The van der Waals surface area contributed by atoms with Crippen molar-refractivity contribution in [3.05, 3.63) is 0 Å². The highest BCUT2D eigenvalue weighted by molar-refractivity contribution is 5.74. The van der Waals surface area contributed by atoms with Crippen molar-refractivity contribution in [3.8, 4) is 0 Å². The van der Waals surface area contributed by atoms with E-state index in [0.29, 0.717) is 0 Å². The molecule has 83 heavy (non-hydrogen) atoms. The minimum atomic E-state index is -2.29. The number of aliphatic hydroxyl groups is 17. The number of hydrogen-bond donors (Lipinski definition) is 21. The van der Waals surface area contributed by atoms with Gasteiger partial charge < -0.3 is 165 Å². The van der Waals surface area contributed by atoms with Crippen LogP contribution >= 0.6 is 0 Å². The summed E-state index contributed by atoms with van der Waals surface area (Å²) in [7, 11) is 0. The number of rotatable bonds is 25. The highest BCUT2D eigenvalue weighted by Gasteiger charge is 2.59. The third-order valence-electron chi connectivity index (χ3n) is 14.6. The minimum absolute atomic E-state index is 0.276. The predicted octanol–water partition coefficient (Wildman–Crippen LogP) is -14.5. The maximum atomic E-state index is 12.9. The van der Waals surface area contributed by atoms with Gasteiger partial charge in [0.05, 0.1) is 58.9 Å². The molecule has 6 rings (SSSR count). The van der Waals surface area contributed by atoms with Gasteiger partial charge in [0, 0.05) is 20.8 Å². The molecule has 6 heterocycles. The third kappa shape index (κ3) is 15.9. The van der Waals surface area contributed by atoms with Gasteiger partial charge in [-0.2, -0.15) is 0 Å². The molecule has 37 heteroatoms. The SMILES string of the molecule is CC(=O)N[C@H]1[C@@H](O[C@H]2[C@@H](O)[C@@H](CO)O[C@@H](O[C@H]3[C@@H](O)[C@@H](CO)O[C@@H](O[C@H]4[C@@H](O)[C@@H](CO)O[C@@H](O[C@@H]5[C@H](O)[C@@H](O)[C@H](O[C@H]6[C@H](O)[C@@H](O)[C@H](OC[C@@H](CO)NC=O)O[C@@H]6CO)O[C@@H]5CO)[C@@H]4NC(C)=O)[C@@H]3O)[C@@H]2NC(C)=O)O[C@H](CO)[C@H](O)[C@@H]1O. The Morgan fingerprint density at radius 2 is 0.711 bits per heavy atom.